The summed E-state index contributed by atoms with van der Waals surface area (Å²) in [7, 11) is 0. The van der Waals surface area contributed by atoms with Crippen LogP contribution >= 0.6 is 0 Å². The Labute approximate surface area is 126 Å². The third-order valence-electron chi connectivity index (χ3n) is 3.34. The minimum atomic E-state index is -0.682. The van der Waals surface area contributed by atoms with E-state index in [0.29, 0.717) is 6.42 Å². The number of benzene rings is 2. The number of rotatable bonds is 4. The molecule has 1 unspecified atom stereocenters. The van der Waals surface area contributed by atoms with E-state index in [9.17, 15) is 9.90 Å². The van der Waals surface area contributed by atoms with Crippen molar-refractivity contribution >= 4 is 16.7 Å². The van der Waals surface area contributed by atoms with Gasteiger partial charge in [-0.05, 0) is 27.8 Å². The molecule has 0 aliphatic rings. The van der Waals surface area contributed by atoms with Gasteiger partial charge < -0.3 is 10.4 Å². The molecule has 1 amide bonds. The molecule has 2 rings (SSSR count). The lowest BCUT2D eigenvalue weighted by Crippen LogP contribution is -2.31. The lowest BCUT2D eigenvalue weighted by Gasteiger charge is -2.18. The summed E-state index contributed by atoms with van der Waals surface area (Å²) in [5.74, 6) is -0.0256. The van der Waals surface area contributed by atoms with Crippen molar-refractivity contribution in [2.75, 3.05) is 6.54 Å². The topological polar surface area (TPSA) is 49.3 Å². The van der Waals surface area contributed by atoms with Crippen LogP contribution in [0.2, 0.25) is 0 Å². The molecule has 0 aliphatic heterocycles. The highest BCUT2D eigenvalue weighted by Gasteiger charge is 2.17. The largest absolute Gasteiger partial charge is 0.387 e. The molecule has 2 N–H and O–H groups in total. The Morgan fingerprint density at radius 3 is 2.48 bits per heavy atom. The van der Waals surface area contributed by atoms with Crippen molar-refractivity contribution in [1.29, 1.82) is 0 Å². The molecular weight excluding hydrogens is 262 g/mol. The molecule has 3 heteroatoms. The number of carbonyl (C=O) groups is 1. The molecular formula is C18H23NO2. The number of hydrogen-bond donors (Lipinski definition) is 2. The van der Waals surface area contributed by atoms with Crippen molar-refractivity contribution in [2.45, 2.75) is 33.3 Å². The fraction of sp³-hybridized carbons (Fsp3) is 0.389. The Kier molecular flexibility index (Phi) is 4.63. The highest BCUT2D eigenvalue weighted by molar-refractivity contribution is 5.83. The summed E-state index contributed by atoms with van der Waals surface area (Å²) in [6, 6.07) is 13.9. The maximum Gasteiger partial charge on any atom is 0.220 e. The van der Waals surface area contributed by atoms with E-state index in [1.54, 1.807) is 0 Å². The molecule has 2 aromatic carbocycles. The Balaban J connectivity index is 1.99. The Morgan fingerprint density at radius 2 is 1.81 bits per heavy atom. The van der Waals surface area contributed by atoms with Gasteiger partial charge in [0.15, 0.2) is 0 Å². The summed E-state index contributed by atoms with van der Waals surface area (Å²) in [5.41, 5.74) is 0.780. The van der Waals surface area contributed by atoms with Crippen LogP contribution in [0.15, 0.2) is 42.5 Å². The van der Waals surface area contributed by atoms with Crippen molar-refractivity contribution in [2.24, 2.45) is 5.41 Å². The first-order chi connectivity index (χ1) is 9.85. The molecule has 0 heterocycles. The third-order valence-corrected chi connectivity index (χ3v) is 3.34. The van der Waals surface area contributed by atoms with Crippen molar-refractivity contribution in [3.05, 3.63) is 48.0 Å². The second-order valence-corrected chi connectivity index (χ2v) is 6.66. The first-order valence-corrected chi connectivity index (χ1v) is 7.29. The van der Waals surface area contributed by atoms with Crippen LogP contribution in [0.4, 0.5) is 0 Å². The van der Waals surface area contributed by atoms with Gasteiger partial charge in [-0.3, -0.25) is 4.79 Å². The van der Waals surface area contributed by atoms with Gasteiger partial charge in [0.25, 0.3) is 0 Å². The lowest BCUT2D eigenvalue weighted by molar-refractivity contribution is -0.123. The lowest BCUT2D eigenvalue weighted by atomic mass is 9.92. The average molecular weight is 285 g/mol. The second kappa shape index (κ2) is 6.27. The molecule has 3 nitrogen and oxygen atoms in total. The van der Waals surface area contributed by atoms with E-state index < -0.39 is 6.10 Å². The third kappa shape index (κ3) is 4.57. The van der Waals surface area contributed by atoms with Gasteiger partial charge in [-0.2, -0.15) is 0 Å². The molecule has 0 saturated heterocycles. The molecule has 112 valence electrons. The fourth-order valence-corrected chi connectivity index (χ4v) is 2.29. The normalized spacial score (nSPS) is 13.1. The summed E-state index contributed by atoms with van der Waals surface area (Å²) in [6.45, 7) is 6.30. The van der Waals surface area contributed by atoms with E-state index in [1.807, 2.05) is 63.2 Å². The molecule has 1 atom stereocenters. The zero-order chi connectivity index (χ0) is 15.5. The fourth-order valence-electron chi connectivity index (χ4n) is 2.29. The number of hydrogen-bond acceptors (Lipinski definition) is 2. The second-order valence-electron chi connectivity index (χ2n) is 6.66. The predicted octanol–water partition coefficient (Wildman–Crippen LogP) is 3.43. The van der Waals surface area contributed by atoms with Gasteiger partial charge in [0.05, 0.1) is 6.10 Å². The highest BCUT2D eigenvalue weighted by Crippen LogP contribution is 2.21. The minimum absolute atomic E-state index is 0.0256. The average Bonchev–Trinajstić information content (AvgIpc) is 2.42. The standard InChI is InChI=1S/C18H23NO2/c1-18(2,3)11-17(21)19-12-16(20)15-9-8-13-6-4-5-7-14(13)10-15/h4-10,16,20H,11-12H2,1-3H3,(H,19,21). The van der Waals surface area contributed by atoms with E-state index in [0.717, 1.165) is 16.3 Å². The first-order valence-electron chi connectivity index (χ1n) is 7.29. The van der Waals surface area contributed by atoms with E-state index in [4.69, 9.17) is 0 Å². The molecule has 0 radical (unpaired) electrons. The van der Waals surface area contributed by atoms with E-state index in [1.165, 1.54) is 0 Å². The monoisotopic (exact) mass is 285 g/mol. The van der Waals surface area contributed by atoms with Gasteiger partial charge in [-0.25, -0.2) is 0 Å². The van der Waals surface area contributed by atoms with Gasteiger partial charge in [0.1, 0.15) is 0 Å². The summed E-state index contributed by atoms with van der Waals surface area (Å²) in [6.07, 6.45) is -0.226. The van der Waals surface area contributed by atoms with Crippen molar-refractivity contribution < 1.29 is 9.90 Å². The van der Waals surface area contributed by atoms with Gasteiger partial charge in [-0.1, -0.05) is 57.2 Å². The number of aliphatic hydroxyl groups excluding tert-OH is 1. The molecule has 0 aliphatic carbocycles. The van der Waals surface area contributed by atoms with Crippen LogP contribution in [-0.4, -0.2) is 17.6 Å². The molecule has 21 heavy (non-hydrogen) atoms. The van der Waals surface area contributed by atoms with Gasteiger partial charge in [0, 0.05) is 13.0 Å². The van der Waals surface area contributed by atoms with Crippen LogP contribution in [0.3, 0.4) is 0 Å². The summed E-state index contributed by atoms with van der Waals surface area (Å²) < 4.78 is 0. The maximum atomic E-state index is 11.8. The number of amides is 1. The van der Waals surface area contributed by atoms with Crippen LogP contribution in [0.25, 0.3) is 10.8 Å². The van der Waals surface area contributed by atoms with Crippen LogP contribution in [0.1, 0.15) is 38.9 Å². The van der Waals surface area contributed by atoms with Crippen LogP contribution < -0.4 is 5.32 Å². The predicted molar refractivity (Wildman–Crippen MR) is 86.0 cm³/mol. The zero-order valence-electron chi connectivity index (χ0n) is 12.9. The Hall–Kier alpha value is -1.87. The van der Waals surface area contributed by atoms with Gasteiger partial charge in [0.2, 0.25) is 5.91 Å². The molecule has 0 saturated carbocycles. The van der Waals surface area contributed by atoms with E-state index >= 15 is 0 Å². The van der Waals surface area contributed by atoms with Gasteiger partial charge in [-0.15, -0.1) is 0 Å². The molecule has 0 bridgehead atoms. The van der Waals surface area contributed by atoms with E-state index in [-0.39, 0.29) is 17.9 Å². The van der Waals surface area contributed by atoms with E-state index in [2.05, 4.69) is 5.32 Å². The smallest absolute Gasteiger partial charge is 0.220 e. The van der Waals surface area contributed by atoms with Crippen LogP contribution in [0, 0.1) is 5.41 Å². The van der Waals surface area contributed by atoms with Crippen molar-refractivity contribution in [1.82, 2.24) is 5.32 Å². The molecule has 2 aromatic rings. The summed E-state index contributed by atoms with van der Waals surface area (Å²) in [5, 5.41) is 15.2. The maximum absolute atomic E-state index is 11.8. The molecule has 0 spiro atoms. The Bertz CT molecular complexity index is 628. The van der Waals surface area contributed by atoms with Crippen molar-refractivity contribution in [3.8, 4) is 0 Å². The minimum Gasteiger partial charge on any atom is -0.387 e. The SMILES string of the molecule is CC(C)(C)CC(=O)NCC(O)c1ccc2ccccc2c1. The van der Waals surface area contributed by atoms with Gasteiger partial charge >= 0.3 is 0 Å². The summed E-state index contributed by atoms with van der Waals surface area (Å²) >= 11 is 0. The Morgan fingerprint density at radius 1 is 1.14 bits per heavy atom. The zero-order valence-corrected chi connectivity index (χ0v) is 12.9. The molecule has 0 aromatic heterocycles. The van der Waals surface area contributed by atoms with Crippen LogP contribution in [0.5, 0.6) is 0 Å². The first kappa shape index (κ1) is 15.5. The number of fused-ring (bicyclic) bond motifs is 1. The summed E-state index contributed by atoms with van der Waals surface area (Å²) in [4.78, 5) is 11.8. The number of carbonyl (C=O) groups excluding carboxylic acids is 1. The highest BCUT2D eigenvalue weighted by atomic mass is 16.3. The molecule has 0 fully saturated rings. The van der Waals surface area contributed by atoms with Crippen molar-refractivity contribution in [3.63, 3.8) is 0 Å². The number of nitrogens with one attached hydrogen (secondary N) is 1. The quantitative estimate of drug-likeness (QED) is 0.904. The van der Waals surface area contributed by atoms with Crippen LogP contribution in [-0.2, 0) is 4.79 Å². The number of aliphatic hydroxyl groups is 1.